The number of rotatable bonds is 7. The molecule has 7 nitrogen and oxygen atoms in total. The number of methoxy groups -OCH3 is 2. The van der Waals surface area contributed by atoms with Crippen molar-refractivity contribution in [3.63, 3.8) is 0 Å². The van der Waals surface area contributed by atoms with Crippen molar-refractivity contribution in [3.05, 3.63) is 47.5 Å². The minimum absolute atomic E-state index is 0.185. The normalized spacial score (nSPS) is 12.2. The van der Waals surface area contributed by atoms with Crippen LogP contribution in [0.3, 0.4) is 0 Å². The van der Waals surface area contributed by atoms with Crippen LogP contribution in [0.15, 0.2) is 42.5 Å². The lowest BCUT2D eigenvalue weighted by Gasteiger charge is -2.29. The standard InChI is InChI=1S/C18H21ClN2O5S/c1-12(18(22)20-14-6-8-15(25-2)9-7-14)21(27(4,23)24)16-11-13(19)5-10-17(16)26-3/h5-12H,1-4H3,(H,20,22)/t12-/m1/s1. The summed E-state index contributed by atoms with van der Waals surface area (Å²) >= 11 is 6.02. The van der Waals surface area contributed by atoms with Crippen molar-refractivity contribution in [1.82, 2.24) is 0 Å². The van der Waals surface area contributed by atoms with Gasteiger partial charge < -0.3 is 14.8 Å². The topological polar surface area (TPSA) is 84.9 Å². The first-order valence-corrected chi connectivity index (χ1v) is 10.2. The number of sulfonamides is 1. The smallest absolute Gasteiger partial charge is 0.247 e. The molecule has 0 heterocycles. The maximum absolute atomic E-state index is 12.7. The van der Waals surface area contributed by atoms with Crippen LogP contribution in [0.1, 0.15) is 6.92 Å². The molecule has 0 aliphatic carbocycles. The second-order valence-corrected chi connectivity index (χ2v) is 8.06. The minimum Gasteiger partial charge on any atom is -0.497 e. The molecule has 0 aliphatic heterocycles. The summed E-state index contributed by atoms with van der Waals surface area (Å²) in [7, 11) is -0.849. The van der Waals surface area contributed by atoms with Gasteiger partial charge in [-0.25, -0.2) is 8.42 Å². The van der Waals surface area contributed by atoms with Gasteiger partial charge in [0.1, 0.15) is 17.5 Å². The van der Waals surface area contributed by atoms with Crippen molar-refractivity contribution < 1.29 is 22.7 Å². The van der Waals surface area contributed by atoms with Gasteiger partial charge in [0.25, 0.3) is 0 Å². The third-order valence-electron chi connectivity index (χ3n) is 3.82. The van der Waals surface area contributed by atoms with Gasteiger partial charge >= 0.3 is 0 Å². The van der Waals surface area contributed by atoms with Gasteiger partial charge in [0.05, 0.1) is 26.2 Å². The second-order valence-electron chi connectivity index (χ2n) is 5.77. The quantitative estimate of drug-likeness (QED) is 0.755. The Morgan fingerprint density at radius 3 is 2.26 bits per heavy atom. The Labute approximate surface area is 163 Å². The summed E-state index contributed by atoms with van der Waals surface area (Å²) in [5.74, 6) is 0.420. The van der Waals surface area contributed by atoms with E-state index in [0.717, 1.165) is 10.6 Å². The summed E-state index contributed by atoms with van der Waals surface area (Å²) in [5.41, 5.74) is 0.698. The molecule has 2 aromatic rings. The molecule has 1 amide bonds. The molecular formula is C18H21ClN2O5S. The van der Waals surface area contributed by atoms with Crippen molar-refractivity contribution in [2.75, 3.05) is 30.1 Å². The Kier molecular flexibility index (Phi) is 6.56. The van der Waals surface area contributed by atoms with E-state index in [1.807, 2.05) is 0 Å². The van der Waals surface area contributed by atoms with E-state index in [0.29, 0.717) is 16.5 Å². The zero-order valence-corrected chi connectivity index (χ0v) is 17.0. The van der Waals surface area contributed by atoms with Crippen LogP contribution in [0.2, 0.25) is 5.02 Å². The number of carbonyl (C=O) groups is 1. The summed E-state index contributed by atoms with van der Waals surface area (Å²) in [5, 5.41) is 3.01. The lowest BCUT2D eigenvalue weighted by atomic mass is 10.2. The minimum atomic E-state index is -3.80. The predicted molar refractivity (Wildman–Crippen MR) is 106 cm³/mol. The molecule has 0 spiro atoms. The number of halogens is 1. The SMILES string of the molecule is COc1ccc(NC(=O)[C@@H](C)N(c2cc(Cl)ccc2OC)S(C)(=O)=O)cc1. The van der Waals surface area contributed by atoms with Crippen molar-refractivity contribution in [2.24, 2.45) is 0 Å². The van der Waals surface area contributed by atoms with E-state index in [1.165, 1.54) is 27.2 Å². The highest BCUT2D eigenvalue weighted by Gasteiger charge is 2.31. The van der Waals surface area contributed by atoms with Gasteiger partial charge in [0, 0.05) is 10.7 Å². The molecule has 0 saturated heterocycles. The van der Waals surface area contributed by atoms with Crippen LogP contribution in [-0.4, -0.2) is 40.8 Å². The van der Waals surface area contributed by atoms with E-state index < -0.39 is 22.0 Å². The Hall–Kier alpha value is -2.45. The van der Waals surface area contributed by atoms with Crippen LogP contribution >= 0.6 is 11.6 Å². The van der Waals surface area contributed by atoms with E-state index in [1.54, 1.807) is 36.4 Å². The summed E-state index contributed by atoms with van der Waals surface area (Å²) < 4.78 is 36.1. The third-order valence-corrected chi connectivity index (χ3v) is 5.29. The van der Waals surface area contributed by atoms with Gasteiger partial charge in [0.15, 0.2) is 0 Å². The van der Waals surface area contributed by atoms with E-state index in [-0.39, 0.29) is 11.4 Å². The second kappa shape index (κ2) is 8.49. The van der Waals surface area contributed by atoms with Crippen LogP contribution in [0.4, 0.5) is 11.4 Å². The number of anilines is 2. The number of hydrogen-bond acceptors (Lipinski definition) is 5. The zero-order valence-electron chi connectivity index (χ0n) is 15.4. The van der Waals surface area contributed by atoms with Crippen LogP contribution in [-0.2, 0) is 14.8 Å². The zero-order chi connectivity index (χ0) is 20.2. The van der Waals surface area contributed by atoms with E-state index in [4.69, 9.17) is 21.1 Å². The molecule has 9 heteroatoms. The largest absolute Gasteiger partial charge is 0.497 e. The molecule has 0 radical (unpaired) electrons. The first-order valence-electron chi connectivity index (χ1n) is 7.95. The molecule has 0 saturated carbocycles. The number of hydrogen-bond donors (Lipinski definition) is 1. The molecule has 1 N–H and O–H groups in total. The summed E-state index contributed by atoms with van der Waals surface area (Å²) in [4.78, 5) is 12.7. The summed E-state index contributed by atoms with van der Waals surface area (Å²) in [6.07, 6.45) is 1.02. The average Bonchev–Trinajstić information content (AvgIpc) is 2.61. The molecular weight excluding hydrogens is 392 g/mol. The number of amides is 1. The molecule has 0 aromatic heterocycles. The van der Waals surface area contributed by atoms with Crippen molar-refractivity contribution in [1.29, 1.82) is 0 Å². The van der Waals surface area contributed by atoms with Gasteiger partial charge in [-0.2, -0.15) is 0 Å². The fraction of sp³-hybridized carbons (Fsp3) is 0.278. The van der Waals surface area contributed by atoms with Crippen molar-refractivity contribution in [2.45, 2.75) is 13.0 Å². The summed E-state index contributed by atoms with van der Waals surface area (Å²) in [6.45, 7) is 1.49. The van der Waals surface area contributed by atoms with Gasteiger partial charge in [0.2, 0.25) is 15.9 Å². The van der Waals surface area contributed by atoms with Crippen LogP contribution in [0.25, 0.3) is 0 Å². The van der Waals surface area contributed by atoms with Gasteiger partial charge in [-0.15, -0.1) is 0 Å². The predicted octanol–water partition coefficient (Wildman–Crippen LogP) is 3.15. The molecule has 27 heavy (non-hydrogen) atoms. The molecule has 146 valence electrons. The fourth-order valence-electron chi connectivity index (χ4n) is 2.54. The van der Waals surface area contributed by atoms with Crippen molar-refractivity contribution in [3.8, 4) is 11.5 Å². The number of carbonyl (C=O) groups excluding carboxylic acids is 1. The van der Waals surface area contributed by atoms with Gasteiger partial charge in [-0.3, -0.25) is 9.10 Å². The third kappa shape index (κ3) is 5.05. The van der Waals surface area contributed by atoms with E-state index in [2.05, 4.69) is 5.32 Å². The maximum atomic E-state index is 12.7. The number of benzene rings is 2. The van der Waals surface area contributed by atoms with Gasteiger partial charge in [-0.1, -0.05) is 11.6 Å². The highest BCUT2D eigenvalue weighted by Crippen LogP contribution is 2.34. The Bertz CT molecular complexity index is 916. The number of ether oxygens (including phenoxy) is 2. The molecule has 2 aromatic carbocycles. The van der Waals surface area contributed by atoms with E-state index >= 15 is 0 Å². The van der Waals surface area contributed by atoms with Crippen LogP contribution in [0.5, 0.6) is 11.5 Å². The Morgan fingerprint density at radius 1 is 1.11 bits per heavy atom. The fourth-order valence-corrected chi connectivity index (χ4v) is 3.87. The first kappa shape index (κ1) is 20.9. The number of nitrogens with one attached hydrogen (secondary N) is 1. The molecule has 1 atom stereocenters. The Balaban J connectivity index is 2.36. The van der Waals surface area contributed by atoms with Gasteiger partial charge in [-0.05, 0) is 49.4 Å². The van der Waals surface area contributed by atoms with Crippen LogP contribution in [0, 0.1) is 0 Å². The molecule has 2 rings (SSSR count). The van der Waals surface area contributed by atoms with Crippen LogP contribution < -0.4 is 19.1 Å². The molecule has 0 aliphatic rings. The molecule has 0 fully saturated rings. The Morgan fingerprint density at radius 2 is 1.74 bits per heavy atom. The number of nitrogens with zero attached hydrogens (tertiary/aromatic N) is 1. The molecule has 0 unspecified atom stereocenters. The first-order chi connectivity index (χ1) is 12.7. The molecule has 0 bridgehead atoms. The maximum Gasteiger partial charge on any atom is 0.247 e. The average molecular weight is 413 g/mol. The lowest BCUT2D eigenvalue weighted by Crippen LogP contribution is -2.45. The summed E-state index contributed by atoms with van der Waals surface area (Å²) in [6, 6.07) is 10.2. The monoisotopic (exact) mass is 412 g/mol. The lowest BCUT2D eigenvalue weighted by molar-refractivity contribution is -0.116. The van der Waals surface area contributed by atoms with E-state index in [9.17, 15) is 13.2 Å². The highest BCUT2D eigenvalue weighted by atomic mass is 35.5. The highest BCUT2D eigenvalue weighted by molar-refractivity contribution is 7.92. The van der Waals surface area contributed by atoms with Crippen molar-refractivity contribution >= 4 is 38.9 Å².